The van der Waals surface area contributed by atoms with Crippen molar-refractivity contribution in [2.45, 2.75) is 26.3 Å². The number of anilines is 2. The van der Waals surface area contributed by atoms with E-state index in [1.165, 1.54) is 12.8 Å². The Labute approximate surface area is 124 Å². The second-order valence-electron chi connectivity index (χ2n) is 5.55. The Balaban J connectivity index is 1.65. The minimum Gasteiger partial charge on any atom is -0.364 e. The van der Waals surface area contributed by atoms with Crippen molar-refractivity contribution in [1.29, 1.82) is 0 Å². The lowest BCUT2D eigenvalue weighted by Gasteiger charge is -2.30. The summed E-state index contributed by atoms with van der Waals surface area (Å²) in [6.07, 6.45) is 7.74. The van der Waals surface area contributed by atoms with Crippen LogP contribution < -0.4 is 10.2 Å². The number of pyridine rings is 1. The van der Waals surface area contributed by atoms with Crippen LogP contribution >= 0.6 is 0 Å². The van der Waals surface area contributed by atoms with Crippen LogP contribution in [0, 0.1) is 5.92 Å². The smallest absolute Gasteiger partial charge is 0.247 e. The zero-order valence-corrected chi connectivity index (χ0v) is 12.2. The predicted octanol–water partition coefficient (Wildman–Crippen LogP) is 2.11. The molecule has 1 fully saturated rings. The molecule has 1 saturated heterocycles. The lowest BCUT2D eigenvalue weighted by Crippen LogP contribution is -2.35. The van der Waals surface area contributed by atoms with Crippen molar-refractivity contribution in [1.82, 2.24) is 20.2 Å². The van der Waals surface area contributed by atoms with Crippen LogP contribution in [0.4, 0.5) is 11.8 Å². The summed E-state index contributed by atoms with van der Waals surface area (Å²) in [5.74, 6) is 2.16. The number of hydrogen-bond acceptors (Lipinski definition) is 6. The Morgan fingerprint density at radius 1 is 1.38 bits per heavy atom. The third-order valence-corrected chi connectivity index (χ3v) is 3.68. The SMILES string of the molecule is CC1CCCN(c2nncc(NCc3cccnc3)n2)C1. The van der Waals surface area contributed by atoms with Crippen molar-refractivity contribution < 1.29 is 0 Å². The van der Waals surface area contributed by atoms with Gasteiger partial charge in [0.1, 0.15) is 0 Å². The molecular formula is C15H20N6. The molecule has 3 heterocycles. The Hall–Kier alpha value is -2.24. The van der Waals surface area contributed by atoms with Gasteiger partial charge in [0, 0.05) is 32.0 Å². The molecule has 1 aliphatic rings. The number of rotatable bonds is 4. The minimum absolute atomic E-state index is 0.683. The van der Waals surface area contributed by atoms with E-state index in [1.807, 2.05) is 18.3 Å². The van der Waals surface area contributed by atoms with E-state index in [-0.39, 0.29) is 0 Å². The molecule has 6 nitrogen and oxygen atoms in total. The molecule has 1 N–H and O–H groups in total. The quantitative estimate of drug-likeness (QED) is 0.927. The van der Waals surface area contributed by atoms with E-state index in [9.17, 15) is 0 Å². The number of nitrogens with zero attached hydrogens (tertiary/aromatic N) is 5. The van der Waals surface area contributed by atoms with Crippen molar-refractivity contribution in [3.63, 3.8) is 0 Å². The molecule has 2 aromatic heterocycles. The van der Waals surface area contributed by atoms with Gasteiger partial charge in [0.05, 0.1) is 6.20 Å². The van der Waals surface area contributed by atoms with E-state index in [0.717, 1.165) is 30.4 Å². The molecule has 0 bridgehead atoms. The Morgan fingerprint density at radius 2 is 2.33 bits per heavy atom. The summed E-state index contributed by atoms with van der Waals surface area (Å²) in [6.45, 7) is 4.97. The third-order valence-electron chi connectivity index (χ3n) is 3.68. The van der Waals surface area contributed by atoms with Gasteiger partial charge in [0.25, 0.3) is 0 Å². The second kappa shape index (κ2) is 6.47. The average molecular weight is 284 g/mol. The van der Waals surface area contributed by atoms with Crippen molar-refractivity contribution in [3.8, 4) is 0 Å². The van der Waals surface area contributed by atoms with Crippen LogP contribution in [0.25, 0.3) is 0 Å². The molecular weight excluding hydrogens is 264 g/mol. The fourth-order valence-corrected chi connectivity index (χ4v) is 2.58. The number of aromatic nitrogens is 4. The Bertz CT molecular complexity index is 573. The maximum absolute atomic E-state index is 4.57. The van der Waals surface area contributed by atoms with Crippen molar-refractivity contribution in [2.24, 2.45) is 5.92 Å². The van der Waals surface area contributed by atoms with Crippen molar-refractivity contribution in [2.75, 3.05) is 23.3 Å². The lowest BCUT2D eigenvalue weighted by molar-refractivity contribution is 0.441. The molecule has 6 heteroatoms. The summed E-state index contributed by atoms with van der Waals surface area (Å²) in [7, 11) is 0. The molecule has 1 unspecified atom stereocenters. The summed E-state index contributed by atoms with van der Waals surface area (Å²) in [4.78, 5) is 10.9. The zero-order chi connectivity index (χ0) is 14.5. The third kappa shape index (κ3) is 3.65. The van der Waals surface area contributed by atoms with Gasteiger partial charge in [-0.1, -0.05) is 13.0 Å². The topological polar surface area (TPSA) is 66.8 Å². The average Bonchev–Trinajstić information content (AvgIpc) is 2.54. The summed E-state index contributed by atoms with van der Waals surface area (Å²) < 4.78 is 0. The van der Waals surface area contributed by atoms with E-state index in [4.69, 9.17) is 0 Å². The van der Waals surface area contributed by atoms with Crippen LogP contribution in [0.2, 0.25) is 0 Å². The normalized spacial score (nSPS) is 18.5. The second-order valence-corrected chi connectivity index (χ2v) is 5.55. The molecule has 0 aromatic carbocycles. The Morgan fingerprint density at radius 3 is 3.14 bits per heavy atom. The van der Waals surface area contributed by atoms with Crippen LogP contribution in [0.15, 0.2) is 30.7 Å². The summed E-state index contributed by atoms with van der Waals surface area (Å²) in [6, 6.07) is 3.96. The van der Waals surface area contributed by atoms with Gasteiger partial charge in [0.15, 0.2) is 5.82 Å². The molecule has 110 valence electrons. The first-order valence-corrected chi connectivity index (χ1v) is 7.39. The maximum atomic E-state index is 4.57. The van der Waals surface area contributed by atoms with E-state index >= 15 is 0 Å². The van der Waals surface area contributed by atoms with Crippen molar-refractivity contribution in [3.05, 3.63) is 36.3 Å². The number of hydrogen-bond donors (Lipinski definition) is 1. The van der Waals surface area contributed by atoms with Crippen LogP contribution in [0.5, 0.6) is 0 Å². The lowest BCUT2D eigenvalue weighted by atomic mass is 10.0. The monoisotopic (exact) mass is 284 g/mol. The highest BCUT2D eigenvalue weighted by Gasteiger charge is 2.19. The van der Waals surface area contributed by atoms with Gasteiger partial charge in [-0.2, -0.15) is 10.1 Å². The summed E-state index contributed by atoms with van der Waals surface area (Å²) >= 11 is 0. The molecule has 21 heavy (non-hydrogen) atoms. The largest absolute Gasteiger partial charge is 0.364 e. The van der Waals surface area contributed by atoms with Gasteiger partial charge in [0.2, 0.25) is 5.95 Å². The molecule has 1 aliphatic heterocycles. The van der Waals surface area contributed by atoms with E-state index < -0.39 is 0 Å². The number of nitrogens with one attached hydrogen (secondary N) is 1. The van der Waals surface area contributed by atoms with Gasteiger partial charge in [-0.3, -0.25) is 4.98 Å². The van der Waals surface area contributed by atoms with E-state index in [2.05, 4.69) is 37.3 Å². The molecule has 3 rings (SSSR count). The summed E-state index contributed by atoms with van der Waals surface area (Å²) in [5.41, 5.74) is 1.12. The first kappa shape index (κ1) is 13.7. The standard InChI is InChI=1S/C15H20N6/c1-12-4-3-7-21(11-12)15-19-14(10-18-20-15)17-9-13-5-2-6-16-8-13/h2,5-6,8,10,12H,3-4,7,9,11H2,1H3,(H,17,19,20). The molecule has 1 atom stereocenters. The minimum atomic E-state index is 0.683. The molecule has 0 spiro atoms. The van der Waals surface area contributed by atoms with Gasteiger partial charge in [-0.05, 0) is 30.4 Å². The van der Waals surface area contributed by atoms with Gasteiger partial charge in [-0.25, -0.2) is 0 Å². The van der Waals surface area contributed by atoms with Gasteiger partial charge >= 0.3 is 0 Å². The van der Waals surface area contributed by atoms with Gasteiger partial charge < -0.3 is 10.2 Å². The number of piperidine rings is 1. The predicted molar refractivity (Wildman–Crippen MR) is 82.0 cm³/mol. The Kier molecular flexibility index (Phi) is 4.23. The van der Waals surface area contributed by atoms with Crippen LogP contribution in [-0.2, 0) is 6.54 Å². The van der Waals surface area contributed by atoms with E-state index in [1.54, 1.807) is 12.4 Å². The molecule has 0 amide bonds. The highest BCUT2D eigenvalue weighted by molar-refractivity contribution is 5.39. The molecule has 0 aliphatic carbocycles. The van der Waals surface area contributed by atoms with E-state index in [0.29, 0.717) is 12.5 Å². The zero-order valence-electron chi connectivity index (χ0n) is 12.2. The molecule has 2 aromatic rings. The first-order valence-electron chi connectivity index (χ1n) is 7.39. The van der Waals surface area contributed by atoms with Crippen LogP contribution in [0.3, 0.4) is 0 Å². The maximum Gasteiger partial charge on any atom is 0.247 e. The van der Waals surface area contributed by atoms with Gasteiger partial charge in [-0.15, -0.1) is 5.10 Å². The van der Waals surface area contributed by atoms with Crippen molar-refractivity contribution >= 4 is 11.8 Å². The van der Waals surface area contributed by atoms with Crippen LogP contribution in [0.1, 0.15) is 25.3 Å². The first-order chi connectivity index (χ1) is 10.3. The highest BCUT2D eigenvalue weighted by atomic mass is 15.3. The van der Waals surface area contributed by atoms with Crippen LogP contribution in [-0.4, -0.2) is 33.3 Å². The summed E-state index contributed by atoms with van der Waals surface area (Å²) in [5, 5.41) is 11.5. The molecule has 0 saturated carbocycles. The fraction of sp³-hybridized carbons (Fsp3) is 0.467. The highest BCUT2D eigenvalue weighted by Crippen LogP contribution is 2.20. The fourth-order valence-electron chi connectivity index (χ4n) is 2.58. The molecule has 0 radical (unpaired) electrons.